The Labute approximate surface area is 98.4 Å². The van der Waals surface area contributed by atoms with Gasteiger partial charge in [0.2, 0.25) is 0 Å². The molecule has 0 bridgehead atoms. The Bertz CT molecular complexity index is 462. The Morgan fingerprint density at radius 3 is 3.00 bits per heavy atom. The lowest BCUT2D eigenvalue weighted by Crippen LogP contribution is -2.09. The molecule has 1 heterocycles. The average Bonchev–Trinajstić information content (AvgIpc) is 2.61. The van der Waals surface area contributed by atoms with Crippen LogP contribution < -0.4 is 0 Å². The summed E-state index contributed by atoms with van der Waals surface area (Å²) < 4.78 is 2.09. The molecule has 2 rings (SSSR count). The number of rotatable bonds is 3. The van der Waals surface area contributed by atoms with Crippen LogP contribution in [0.4, 0.5) is 0 Å². The first kappa shape index (κ1) is 10.7. The fourth-order valence-electron chi connectivity index (χ4n) is 1.67. The zero-order valence-corrected chi connectivity index (χ0v) is 10.7. The average molecular weight is 267 g/mol. The van der Waals surface area contributed by atoms with Gasteiger partial charge in [-0.1, -0.05) is 35.0 Å². The SMILES string of the molecule is Cc1ccc2cnn(C[C@H](C)CBr)c2c1. The van der Waals surface area contributed by atoms with Crippen LogP contribution in [-0.2, 0) is 6.54 Å². The van der Waals surface area contributed by atoms with E-state index in [1.54, 1.807) is 0 Å². The predicted molar refractivity (Wildman–Crippen MR) is 67.4 cm³/mol. The Hall–Kier alpha value is -0.830. The summed E-state index contributed by atoms with van der Waals surface area (Å²) in [6.07, 6.45) is 1.94. The number of aryl methyl sites for hydroxylation is 1. The van der Waals surface area contributed by atoms with E-state index in [4.69, 9.17) is 0 Å². The molecule has 0 aliphatic heterocycles. The molecule has 0 N–H and O–H groups in total. The van der Waals surface area contributed by atoms with Crippen LogP contribution in [0.2, 0.25) is 0 Å². The number of aromatic nitrogens is 2. The smallest absolute Gasteiger partial charge is 0.0685 e. The van der Waals surface area contributed by atoms with Gasteiger partial charge in [-0.3, -0.25) is 4.68 Å². The van der Waals surface area contributed by atoms with E-state index in [0.29, 0.717) is 5.92 Å². The van der Waals surface area contributed by atoms with E-state index < -0.39 is 0 Å². The highest BCUT2D eigenvalue weighted by Crippen LogP contribution is 2.17. The molecule has 0 saturated carbocycles. The van der Waals surface area contributed by atoms with Crippen LogP contribution in [-0.4, -0.2) is 15.1 Å². The first-order chi connectivity index (χ1) is 7.20. The molecule has 0 amide bonds. The van der Waals surface area contributed by atoms with Crippen LogP contribution in [0.3, 0.4) is 0 Å². The van der Waals surface area contributed by atoms with Gasteiger partial charge in [0.05, 0.1) is 11.7 Å². The second-order valence-corrected chi connectivity index (χ2v) is 4.80. The molecule has 2 nitrogen and oxygen atoms in total. The summed E-state index contributed by atoms with van der Waals surface area (Å²) in [6.45, 7) is 5.31. The molecular weight excluding hydrogens is 252 g/mol. The lowest BCUT2D eigenvalue weighted by atomic mass is 10.2. The van der Waals surface area contributed by atoms with Gasteiger partial charge >= 0.3 is 0 Å². The van der Waals surface area contributed by atoms with Crippen LogP contribution in [0.25, 0.3) is 10.9 Å². The van der Waals surface area contributed by atoms with Crippen molar-refractivity contribution in [2.75, 3.05) is 5.33 Å². The number of fused-ring (bicyclic) bond motifs is 1. The van der Waals surface area contributed by atoms with Gasteiger partial charge in [0.15, 0.2) is 0 Å². The van der Waals surface area contributed by atoms with Crippen LogP contribution in [0.5, 0.6) is 0 Å². The molecule has 80 valence electrons. The topological polar surface area (TPSA) is 17.8 Å². The minimum atomic E-state index is 0.605. The molecule has 0 saturated heterocycles. The van der Waals surface area contributed by atoms with Crippen molar-refractivity contribution in [1.29, 1.82) is 0 Å². The maximum absolute atomic E-state index is 4.42. The number of hydrogen-bond acceptors (Lipinski definition) is 1. The standard InChI is InChI=1S/C12H15BrN2/c1-9-3-4-11-7-14-15(12(11)5-9)8-10(2)6-13/h3-5,7,10H,6,8H2,1-2H3/t10-/m1/s1. The van der Waals surface area contributed by atoms with E-state index in [1.165, 1.54) is 16.5 Å². The summed E-state index contributed by atoms with van der Waals surface area (Å²) >= 11 is 3.50. The van der Waals surface area contributed by atoms with Crippen LogP contribution in [0.1, 0.15) is 12.5 Å². The Morgan fingerprint density at radius 1 is 1.47 bits per heavy atom. The second-order valence-electron chi connectivity index (χ2n) is 4.15. The van der Waals surface area contributed by atoms with Crippen molar-refractivity contribution >= 4 is 26.8 Å². The monoisotopic (exact) mass is 266 g/mol. The molecule has 0 spiro atoms. The van der Waals surface area contributed by atoms with Gasteiger partial charge in [-0.2, -0.15) is 5.10 Å². The third kappa shape index (κ3) is 2.23. The number of alkyl halides is 1. The van der Waals surface area contributed by atoms with E-state index in [-0.39, 0.29) is 0 Å². The first-order valence-corrected chi connectivity index (χ1v) is 6.31. The third-order valence-electron chi connectivity index (χ3n) is 2.55. The fourth-order valence-corrected chi connectivity index (χ4v) is 1.87. The van der Waals surface area contributed by atoms with Crippen LogP contribution in [0.15, 0.2) is 24.4 Å². The van der Waals surface area contributed by atoms with Crippen molar-refractivity contribution < 1.29 is 0 Å². The van der Waals surface area contributed by atoms with Gasteiger partial charge in [0.25, 0.3) is 0 Å². The quantitative estimate of drug-likeness (QED) is 0.779. The third-order valence-corrected chi connectivity index (χ3v) is 3.65. The summed E-state index contributed by atoms with van der Waals surface area (Å²) in [5.41, 5.74) is 2.53. The second kappa shape index (κ2) is 4.35. The van der Waals surface area contributed by atoms with Gasteiger partial charge in [-0.25, -0.2) is 0 Å². The van der Waals surface area contributed by atoms with Crippen molar-refractivity contribution in [1.82, 2.24) is 9.78 Å². The molecule has 15 heavy (non-hydrogen) atoms. The van der Waals surface area contributed by atoms with Crippen molar-refractivity contribution in [2.24, 2.45) is 5.92 Å². The summed E-state index contributed by atoms with van der Waals surface area (Å²) in [5.74, 6) is 0.605. The molecule has 0 unspecified atom stereocenters. The maximum Gasteiger partial charge on any atom is 0.0685 e. The molecule has 1 aromatic heterocycles. The first-order valence-electron chi connectivity index (χ1n) is 5.19. The van der Waals surface area contributed by atoms with E-state index in [9.17, 15) is 0 Å². The number of benzene rings is 1. The summed E-state index contributed by atoms with van der Waals surface area (Å²) in [4.78, 5) is 0. The number of halogens is 1. The molecular formula is C12H15BrN2. The fraction of sp³-hybridized carbons (Fsp3) is 0.417. The van der Waals surface area contributed by atoms with Crippen LogP contribution >= 0.6 is 15.9 Å². The lowest BCUT2D eigenvalue weighted by molar-refractivity contribution is 0.504. The molecule has 0 radical (unpaired) electrons. The zero-order valence-electron chi connectivity index (χ0n) is 9.07. The normalized spacial score (nSPS) is 13.3. The van der Waals surface area contributed by atoms with Crippen molar-refractivity contribution in [2.45, 2.75) is 20.4 Å². The lowest BCUT2D eigenvalue weighted by Gasteiger charge is -2.08. The highest BCUT2D eigenvalue weighted by molar-refractivity contribution is 9.09. The minimum Gasteiger partial charge on any atom is -0.265 e. The number of hydrogen-bond donors (Lipinski definition) is 0. The van der Waals surface area contributed by atoms with E-state index in [1.807, 2.05) is 6.20 Å². The summed E-state index contributed by atoms with van der Waals surface area (Å²) in [7, 11) is 0. The van der Waals surface area contributed by atoms with Gasteiger partial charge in [-0.15, -0.1) is 0 Å². The van der Waals surface area contributed by atoms with Crippen molar-refractivity contribution in [3.8, 4) is 0 Å². The Morgan fingerprint density at radius 2 is 2.27 bits per heavy atom. The van der Waals surface area contributed by atoms with E-state index >= 15 is 0 Å². The van der Waals surface area contributed by atoms with Gasteiger partial charge in [-0.05, 0) is 24.5 Å². The van der Waals surface area contributed by atoms with Gasteiger partial charge in [0.1, 0.15) is 0 Å². The number of nitrogens with zero attached hydrogens (tertiary/aromatic N) is 2. The highest BCUT2D eigenvalue weighted by atomic mass is 79.9. The Kier molecular flexibility index (Phi) is 3.10. The maximum atomic E-state index is 4.42. The largest absolute Gasteiger partial charge is 0.265 e. The highest BCUT2D eigenvalue weighted by Gasteiger charge is 2.06. The Balaban J connectivity index is 2.39. The van der Waals surface area contributed by atoms with E-state index in [2.05, 4.69) is 57.8 Å². The van der Waals surface area contributed by atoms with E-state index in [0.717, 1.165) is 11.9 Å². The molecule has 1 atom stereocenters. The molecule has 0 fully saturated rings. The predicted octanol–water partition coefficient (Wildman–Crippen LogP) is 3.38. The minimum absolute atomic E-state index is 0.605. The van der Waals surface area contributed by atoms with Crippen LogP contribution in [0, 0.1) is 12.8 Å². The van der Waals surface area contributed by atoms with Gasteiger partial charge in [0, 0.05) is 17.3 Å². The summed E-state index contributed by atoms with van der Waals surface area (Å²) in [6, 6.07) is 6.46. The molecule has 0 aliphatic carbocycles. The molecule has 1 aromatic carbocycles. The molecule has 3 heteroatoms. The summed E-state index contributed by atoms with van der Waals surface area (Å²) in [5, 5.41) is 6.66. The molecule has 2 aromatic rings. The van der Waals surface area contributed by atoms with Crippen molar-refractivity contribution in [3.63, 3.8) is 0 Å². The van der Waals surface area contributed by atoms with Gasteiger partial charge < -0.3 is 0 Å². The zero-order chi connectivity index (χ0) is 10.8. The molecule has 0 aliphatic rings. The van der Waals surface area contributed by atoms with Crippen molar-refractivity contribution in [3.05, 3.63) is 30.0 Å².